The molecule has 2 aromatic rings. The van der Waals surface area contributed by atoms with Gasteiger partial charge in [0.2, 0.25) is 5.91 Å². The van der Waals surface area contributed by atoms with Gasteiger partial charge in [0.15, 0.2) is 0 Å². The van der Waals surface area contributed by atoms with E-state index in [1.807, 2.05) is 24.3 Å². The molecule has 1 saturated carbocycles. The van der Waals surface area contributed by atoms with Crippen molar-refractivity contribution >= 4 is 29.2 Å². The zero-order valence-corrected chi connectivity index (χ0v) is 14.0. The normalized spacial score (nSPS) is 23.5. The predicted octanol–water partition coefficient (Wildman–Crippen LogP) is 3.72. The number of carboxylic acid groups (broad SMARTS) is 1. The third kappa shape index (κ3) is 2.65. The number of anilines is 1. The third-order valence-electron chi connectivity index (χ3n) is 5.09. The molecule has 1 aliphatic carbocycles. The van der Waals surface area contributed by atoms with Crippen LogP contribution in [0.5, 0.6) is 5.75 Å². The molecule has 0 bridgehead atoms. The van der Waals surface area contributed by atoms with E-state index in [4.69, 9.17) is 21.4 Å². The number of ether oxygens (including phenoxy) is 1. The number of carbonyl (C=O) groups excluding carboxylic acids is 1. The zero-order chi connectivity index (χ0) is 17.6. The second kappa shape index (κ2) is 5.77. The number of halogens is 1. The van der Waals surface area contributed by atoms with Crippen molar-refractivity contribution in [3.63, 3.8) is 0 Å². The molecule has 0 aromatic heterocycles. The van der Waals surface area contributed by atoms with Crippen LogP contribution in [0, 0.1) is 5.92 Å². The highest BCUT2D eigenvalue weighted by molar-refractivity contribution is 6.33. The predicted molar refractivity (Wildman–Crippen MR) is 93.4 cm³/mol. The number of carboxylic acids is 1. The Balaban J connectivity index is 1.53. The molecule has 0 unspecified atom stereocenters. The van der Waals surface area contributed by atoms with Gasteiger partial charge < -0.3 is 15.2 Å². The highest BCUT2D eigenvalue weighted by Crippen LogP contribution is 2.60. The SMILES string of the molecule is O=C(O)c1ccc(NC(=O)[C@@H]2C[C@]23CCOc2ccccc23)cc1Cl. The molecule has 2 aromatic carbocycles. The summed E-state index contributed by atoms with van der Waals surface area (Å²) in [4.78, 5) is 23.7. The molecule has 0 saturated heterocycles. The van der Waals surface area contributed by atoms with Crippen LogP contribution in [0.4, 0.5) is 5.69 Å². The summed E-state index contributed by atoms with van der Waals surface area (Å²) in [6, 6.07) is 12.3. The van der Waals surface area contributed by atoms with Crippen LogP contribution in [-0.2, 0) is 10.2 Å². The topological polar surface area (TPSA) is 75.6 Å². The molecule has 0 radical (unpaired) electrons. The fourth-order valence-electron chi connectivity index (χ4n) is 3.70. The molecule has 1 spiro atoms. The van der Waals surface area contributed by atoms with Crippen LogP contribution in [0.25, 0.3) is 0 Å². The molecule has 2 atom stereocenters. The van der Waals surface area contributed by atoms with Gasteiger partial charge in [-0.3, -0.25) is 4.79 Å². The minimum atomic E-state index is -1.09. The fourth-order valence-corrected chi connectivity index (χ4v) is 3.96. The average Bonchev–Trinajstić information content (AvgIpc) is 3.30. The van der Waals surface area contributed by atoms with Crippen LogP contribution in [0.3, 0.4) is 0 Å². The summed E-state index contributed by atoms with van der Waals surface area (Å²) in [6.45, 7) is 0.611. The number of rotatable bonds is 3. The van der Waals surface area contributed by atoms with Crippen LogP contribution in [0.15, 0.2) is 42.5 Å². The Hall–Kier alpha value is -2.53. The largest absolute Gasteiger partial charge is 0.493 e. The molecular formula is C19H16ClNO4. The number of carbonyl (C=O) groups is 2. The number of para-hydroxylation sites is 1. The highest BCUT2D eigenvalue weighted by Gasteiger charge is 2.60. The first kappa shape index (κ1) is 16.0. The Labute approximate surface area is 149 Å². The van der Waals surface area contributed by atoms with E-state index in [0.717, 1.165) is 24.2 Å². The number of hydrogen-bond acceptors (Lipinski definition) is 3. The van der Waals surface area contributed by atoms with Gasteiger partial charge >= 0.3 is 5.97 Å². The Bertz CT molecular complexity index is 881. The second-order valence-corrected chi connectivity index (χ2v) is 6.90. The molecule has 25 heavy (non-hydrogen) atoms. The van der Waals surface area contributed by atoms with Gasteiger partial charge in [-0.25, -0.2) is 4.79 Å². The zero-order valence-electron chi connectivity index (χ0n) is 13.3. The molecule has 1 aliphatic heterocycles. The van der Waals surface area contributed by atoms with Gasteiger partial charge in [0, 0.05) is 22.6 Å². The van der Waals surface area contributed by atoms with Gasteiger partial charge in [-0.05, 0) is 37.1 Å². The number of aromatic carboxylic acids is 1. The molecule has 128 valence electrons. The summed E-state index contributed by atoms with van der Waals surface area (Å²) in [5, 5.41) is 12.0. The van der Waals surface area contributed by atoms with E-state index in [0.29, 0.717) is 12.3 Å². The van der Waals surface area contributed by atoms with Gasteiger partial charge in [0.1, 0.15) is 5.75 Å². The number of fused-ring (bicyclic) bond motifs is 2. The third-order valence-corrected chi connectivity index (χ3v) is 5.40. The van der Waals surface area contributed by atoms with E-state index in [2.05, 4.69) is 5.32 Å². The summed E-state index contributed by atoms with van der Waals surface area (Å²) >= 11 is 5.96. The van der Waals surface area contributed by atoms with E-state index < -0.39 is 5.97 Å². The number of benzene rings is 2. The summed E-state index contributed by atoms with van der Waals surface area (Å²) in [5.74, 6) is -0.424. The van der Waals surface area contributed by atoms with Gasteiger partial charge in [-0.15, -0.1) is 0 Å². The lowest BCUT2D eigenvalue weighted by molar-refractivity contribution is -0.117. The molecule has 1 heterocycles. The van der Waals surface area contributed by atoms with Gasteiger partial charge in [-0.2, -0.15) is 0 Å². The van der Waals surface area contributed by atoms with Crippen molar-refractivity contribution in [2.24, 2.45) is 5.92 Å². The lowest BCUT2D eigenvalue weighted by Gasteiger charge is -2.26. The smallest absolute Gasteiger partial charge is 0.337 e. The monoisotopic (exact) mass is 357 g/mol. The molecule has 5 nitrogen and oxygen atoms in total. The Morgan fingerprint density at radius 3 is 2.80 bits per heavy atom. The van der Waals surface area contributed by atoms with Crippen molar-refractivity contribution in [3.8, 4) is 5.75 Å². The minimum Gasteiger partial charge on any atom is -0.493 e. The standard InChI is InChI=1S/C19H16ClNO4/c20-15-9-11(5-6-12(15)18(23)24)21-17(22)14-10-19(14)7-8-25-16-4-2-1-3-13(16)19/h1-6,9,14H,7-8,10H2,(H,21,22)(H,23,24)/t14-,19-/m0/s1. The highest BCUT2D eigenvalue weighted by atomic mass is 35.5. The van der Waals surface area contributed by atoms with Crippen molar-refractivity contribution in [1.82, 2.24) is 0 Å². The van der Waals surface area contributed by atoms with E-state index >= 15 is 0 Å². The van der Waals surface area contributed by atoms with Crippen molar-refractivity contribution in [2.75, 3.05) is 11.9 Å². The van der Waals surface area contributed by atoms with E-state index in [1.165, 1.54) is 12.1 Å². The first-order chi connectivity index (χ1) is 12.0. The maximum atomic E-state index is 12.7. The van der Waals surface area contributed by atoms with Crippen molar-refractivity contribution in [3.05, 3.63) is 58.6 Å². The molecule has 1 fully saturated rings. The van der Waals surface area contributed by atoms with Crippen molar-refractivity contribution in [2.45, 2.75) is 18.3 Å². The molecule has 1 amide bonds. The second-order valence-electron chi connectivity index (χ2n) is 6.50. The number of nitrogens with one attached hydrogen (secondary N) is 1. The van der Waals surface area contributed by atoms with E-state index in [-0.39, 0.29) is 27.8 Å². The number of amides is 1. The first-order valence-corrected chi connectivity index (χ1v) is 8.45. The maximum Gasteiger partial charge on any atom is 0.337 e. The summed E-state index contributed by atoms with van der Waals surface area (Å²) < 4.78 is 5.69. The summed E-state index contributed by atoms with van der Waals surface area (Å²) in [6.07, 6.45) is 1.61. The average molecular weight is 358 g/mol. The maximum absolute atomic E-state index is 12.7. The quantitative estimate of drug-likeness (QED) is 0.877. The molecule has 2 aliphatic rings. The molecule has 4 rings (SSSR count). The summed E-state index contributed by atoms with van der Waals surface area (Å²) in [7, 11) is 0. The number of hydrogen-bond donors (Lipinski definition) is 2. The lowest BCUT2D eigenvalue weighted by atomic mass is 9.87. The van der Waals surface area contributed by atoms with E-state index in [1.54, 1.807) is 6.07 Å². The van der Waals surface area contributed by atoms with Crippen LogP contribution in [0.1, 0.15) is 28.8 Å². The molecule has 2 N–H and O–H groups in total. The fraction of sp³-hybridized carbons (Fsp3) is 0.263. The van der Waals surface area contributed by atoms with Crippen LogP contribution < -0.4 is 10.1 Å². The van der Waals surface area contributed by atoms with Crippen LogP contribution >= 0.6 is 11.6 Å². The summed E-state index contributed by atoms with van der Waals surface area (Å²) in [5.41, 5.74) is 1.47. The minimum absolute atomic E-state index is 0.0147. The van der Waals surface area contributed by atoms with Gasteiger partial charge in [-0.1, -0.05) is 29.8 Å². The van der Waals surface area contributed by atoms with E-state index in [9.17, 15) is 9.59 Å². The van der Waals surface area contributed by atoms with Crippen molar-refractivity contribution < 1.29 is 19.4 Å². The molecule has 6 heteroatoms. The van der Waals surface area contributed by atoms with Crippen molar-refractivity contribution in [1.29, 1.82) is 0 Å². The van der Waals surface area contributed by atoms with Gasteiger partial charge in [0.05, 0.1) is 17.2 Å². The Morgan fingerprint density at radius 2 is 2.04 bits per heavy atom. The first-order valence-electron chi connectivity index (χ1n) is 8.07. The van der Waals surface area contributed by atoms with Crippen LogP contribution in [-0.4, -0.2) is 23.6 Å². The Kier molecular flexibility index (Phi) is 3.69. The molecular weight excluding hydrogens is 342 g/mol. The Morgan fingerprint density at radius 1 is 1.24 bits per heavy atom. The van der Waals surface area contributed by atoms with Gasteiger partial charge in [0.25, 0.3) is 0 Å². The lowest BCUT2D eigenvalue weighted by Crippen LogP contribution is -2.26. The van der Waals surface area contributed by atoms with Crippen LogP contribution in [0.2, 0.25) is 5.02 Å².